The quantitative estimate of drug-likeness (QED) is 0.611. The average Bonchev–Trinajstić information content (AvgIpc) is 2.48. The van der Waals surface area contributed by atoms with Crippen LogP contribution >= 0.6 is 11.6 Å². The zero-order valence-electron chi connectivity index (χ0n) is 11.6. The molecule has 2 atom stereocenters. The molecule has 0 heterocycles. The van der Waals surface area contributed by atoms with Crippen LogP contribution in [-0.4, -0.2) is 0 Å². The van der Waals surface area contributed by atoms with Crippen molar-refractivity contribution in [1.29, 1.82) is 0 Å². The molecule has 0 bridgehead atoms. The van der Waals surface area contributed by atoms with Gasteiger partial charge in [0.15, 0.2) is 0 Å². The summed E-state index contributed by atoms with van der Waals surface area (Å²) < 4.78 is 0. The number of benzene rings is 2. The Balaban J connectivity index is 2.02. The standard InChI is InChI=1S/C18H21Cl/c1-14(17-6-4-3-5-7-17)12-15(2)18-10-8-16(13-19)9-11-18/h3-11,14-15H,12-13H2,1-2H3. The van der Waals surface area contributed by atoms with Crippen LogP contribution in [0.2, 0.25) is 0 Å². The fourth-order valence-electron chi connectivity index (χ4n) is 2.52. The van der Waals surface area contributed by atoms with E-state index in [9.17, 15) is 0 Å². The van der Waals surface area contributed by atoms with Gasteiger partial charge in [0.05, 0.1) is 0 Å². The lowest BCUT2D eigenvalue weighted by molar-refractivity contribution is 0.593. The third-order valence-corrected chi connectivity index (χ3v) is 4.09. The summed E-state index contributed by atoms with van der Waals surface area (Å²) in [4.78, 5) is 0. The van der Waals surface area contributed by atoms with Crippen molar-refractivity contribution >= 4 is 11.6 Å². The van der Waals surface area contributed by atoms with Crippen LogP contribution in [0.25, 0.3) is 0 Å². The maximum absolute atomic E-state index is 5.82. The van der Waals surface area contributed by atoms with Crippen LogP contribution in [0.1, 0.15) is 48.8 Å². The van der Waals surface area contributed by atoms with Gasteiger partial charge in [0, 0.05) is 5.88 Å². The van der Waals surface area contributed by atoms with Gasteiger partial charge in [-0.3, -0.25) is 0 Å². The molecule has 2 unspecified atom stereocenters. The summed E-state index contributed by atoms with van der Waals surface area (Å²) in [6.45, 7) is 4.61. The monoisotopic (exact) mass is 272 g/mol. The van der Waals surface area contributed by atoms with E-state index >= 15 is 0 Å². The molecule has 0 aliphatic rings. The van der Waals surface area contributed by atoms with Gasteiger partial charge < -0.3 is 0 Å². The maximum atomic E-state index is 5.82. The lowest BCUT2D eigenvalue weighted by Crippen LogP contribution is -2.01. The molecule has 2 aromatic carbocycles. The van der Waals surface area contributed by atoms with Crippen molar-refractivity contribution in [3.8, 4) is 0 Å². The Hall–Kier alpha value is -1.27. The molecular formula is C18H21Cl. The highest BCUT2D eigenvalue weighted by Crippen LogP contribution is 2.29. The highest BCUT2D eigenvalue weighted by molar-refractivity contribution is 6.17. The van der Waals surface area contributed by atoms with Crippen molar-refractivity contribution in [2.45, 2.75) is 38.0 Å². The Morgan fingerprint density at radius 3 is 1.84 bits per heavy atom. The van der Waals surface area contributed by atoms with Crippen molar-refractivity contribution in [2.24, 2.45) is 0 Å². The summed E-state index contributed by atoms with van der Waals surface area (Å²) in [6, 6.07) is 19.4. The molecule has 0 aromatic heterocycles. The van der Waals surface area contributed by atoms with Gasteiger partial charge in [0.1, 0.15) is 0 Å². The number of rotatable bonds is 5. The SMILES string of the molecule is CC(CC(C)c1ccc(CCl)cc1)c1ccccc1. The van der Waals surface area contributed by atoms with Gasteiger partial charge in [0.25, 0.3) is 0 Å². The second-order valence-electron chi connectivity index (χ2n) is 5.32. The molecular weight excluding hydrogens is 252 g/mol. The molecule has 0 N–H and O–H groups in total. The minimum atomic E-state index is 0.569. The molecule has 0 spiro atoms. The van der Waals surface area contributed by atoms with E-state index in [4.69, 9.17) is 11.6 Å². The topological polar surface area (TPSA) is 0 Å². The third kappa shape index (κ3) is 3.84. The Morgan fingerprint density at radius 2 is 1.32 bits per heavy atom. The van der Waals surface area contributed by atoms with Gasteiger partial charge >= 0.3 is 0 Å². The number of alkyl halides is 1. The summed E-state index contributed by atoms with van der Waals surface area (Å²) >= 11 is 5.82. The van der Waals surface area contributed by atoms with Crippen LogP contribution in [0.15, 0.2) is 54.6 Å². The molecule has 100 valence electrons. The van der Waals surface area contributed by atoms with Crippen LogP contribution < -0.4 is 0 Å². The summed E-state index contributed by atoms with van der Waals surface area (Å²) in [6.07, 6.45) is 1.17. The molecule has 0 aliphatic carbocycles. The molecule has 0 aliphatic heterocycles. The number of hydrogen-bond donors (Lipinski definition) is 0. The van der Waals surface area contributed by atoms with Crippen molar-refractivity contribution in [3.05, 3.63) is 71.3 Å². The molecule has 0 saturated heterocycles. The highest BCUT2D eigenvalue weighted by Gasteiger charge is 2.12. The smallest absolute Gasteiger partial charge is 0.0474 e. The third-order valence-electron chi connectivity index (χ3n) is 3.78. The fraction of sp³-hybridized carbons (Fsp3) is 0.333. The van der Waals surface area contributed by atoms with Gasteiger partial charge in [-0.25, -0.2) is 0 Å². The second kappa shape index (κ2) is 6.77. The molecule has 2 aromatic rings. The van der Waals surface area contributed by atoms with Crippen LogP contribution in [0, 0.1) is 0 Å². The lowest BCUT2D eigenvalue weighted by atomic mass is 9.87. The summed E-state index contributed by atoms with van der Waals surface area (Å²) in [5.74, 6) is 1.75. The Morgan fingerprint density at radius 1 is 0.789 bits per heavy atom. The molecule has 1 heteroatoms. The molecule has 0 nitrogen and oxygen atoms in total. The highest BCUT2D eigenvalue weighted by atomic mass is 35.5. The molecule has 2 rings (SSSR count). The van der Waals surface area contributed by atoms with E-state index in [0.717, 1.165) is 0 Å². The molecule has 0 amide bonds. The molecule has 0 fully saturated rings. The lowest BCUT2D eigenvalue weighted by Gasteiger charge is -2.18. The van der Waals surface area contributed by atoms with E-state index in [1.807, 2.05) is 0 Å². The van der Waals surface area contributed by atoms with Gasteiger partial charge in [0.2, 0.25) is 0 Å². The predicted molar refractivity (Wildman–Crippen MR) is 83.9 cm³/mol. The normalized spacial score (nSPS) is 14.1. The minimum Gasteiger partial charge on any atom is -0.122 e. The first kappa shape index (κ1) is 14.1. The zero-order valence-corrected chi connectivity index (χ0v) is 12.4. The average molecular weight is 273 g/mol. The van der Waals surface area contributed by atoms with Gasteiger partial charge in [-0.05, 0) is 34.9 Å². The van der Waals surface area contributed by atoms with E-state index < -0.39 is 0 Å². The predicted octanol–water partition coefficient (Wildman–Crippen LogP) is 5.72. The maximum Gasteiger partial charge on any atom is 0.0474 e. The number of hydrogen-bond acceptors (Lipinski definition) is 0. The molecule has 19 heavy (non-hydrogen) atoms. The molecule has 0 saturated carbocycles. The van der Waals surface area contributed by atoms with E-state index in [1.54, 1.807) is 0 Å². The van der Waals surface area contributed by atoms with Gasteiger partial charge in [-0.1, -0.05) is 68.4 Å². The second-order valence-corrected chi connectivity index (χ2v) is 5.59. The summed E-state index contributed by atoms with van der Waals surface area (Å²) in [7, 11) is 0. The van der Waals surface area contributed by atoms with Crippen molar-refractivity contribution in [3.63, 3.8) is 0 Å². The fourth-order valence-corrected chi connectivity index (χ4v) is 2.70. The Kier molecular flexibility index (Phi) is 5.04. The van der Waals surface area contributed by atoms with Crippen LogP contribution in [0.3, 0.4) is 0 Å². The first-order valence-electron chi connectivity index (χ1n) is 6.90. The first-order chi connectivity index (χ1) is 9.20. The first-order valence-corrected chi connectivity index (χ1v) is 7.44. The Bertz CT molecular complexity index is 487. The number of halogens is 1. The van der Waals surface area contributed by atoms with E-state index in [-0.39, 0.29) is 0 Å². The summed E-state index contributed by atoms with van der Waals surface area (Å²) in [5, 5.41) is 0. The van der Waals surface area contributed by atoms with Gasteiger partial charge in [-0.15, -0.1) is 11.6 Å². The van der Waals surface area contributed by atoms with E-state index in [0.29, 0.717) is 17.7 Å². The largest absolute Gasteiger partial charge is 0.122 e. The van der Waals surface area contributed by atoms with Crippen LogP contribution in [0.4, 0.5) is 0 Å². The summed E-state index contributed by atoms with van der Waals surface area (Å²) in [5.41, 5.74) is 4.01. The van der Waals surface area contributed by atoms with Crippen LogP contribution in [-0.2, 0) is 5.88 Å². The van der Waals surface area contributed by atoms with Crippen molar-refractivity contribution in [2.75, 3.05) is 0 Å². The van der Waals surface area contributed by atoms with Crippen molar-refractivity contribution in [1.82, 2.24) is 0 Å². The zero-order chi connectivity index (χ0) is 13.7. The van der Waals surface area contributed by atoms with Gasteiger partial charge in [-0.2, -0.15) is 0 Å². The van der Waals surface area contributed by atoms with E-state index in [2.05, 4.69) is 68.4 Å². The minimum absolute atomic E-state index is 0.569. The molecule has 0 radical (unpaired) electrons. The van der Waals surface area contributed by atoms with Crippen molar-refractivity contribution < 1.29 is 0 Å². The van der Waals surface area contributed by atoms with E-state index in [1.165, 1.54) is 23.1 Å². The Labute approximate surface area is 121 Å². The van der Waals surface area contributed by atoms with Crippen LogP contribution in [0.5, 0.6) is 0 Å².